The van der Waals surface area contributed by atoms with Crippen LogP contribution in [0.25, 0.3) is 0 Å². The predicted molar refractivity (Wildman–Crippen MR) is 166 cm³/mol. The van der Waals surface area contributed by atoms with Gasteiger partial charge in [-0.3, -0.25) is 0 Å². The number of phenols is 1. The van der Waals surface area contributed by atoms with Crippen LogP contribution >= 0.6 is 0 Å². The molecule has 0 radical (unpaired) electrons. The third-order valence-electron chi connectivity index (χ3n) is 7.55. The number of hydrogen-bond acceptors (Lipinski definition) is 5. The zero-order valence-electron chi connectivity index (χ0n) is 25.4. The fourth-order valence-corrected chi connectivity index (χ4v) is 5.23. The number of allylic oxidation sites excluding steroid dienone is 5. The van der Waals surface area contributed by atoms with Gasteiger partial charge in [-0.05, 0) is 115 Å². The van der Waals surface area contributed by atoms with Crippen LogP contribution in [0.5, 0.6) is 23.0 Å². The molecule has 1 aliphatic rings. The number of rotatable bonds is 15. The minimum Gasteiger partial charge on any atom is -0.508 e. The van der Waals surface area contributed by atoms with E-state index in [2.05, 4.69) is 57.3 Å². The van der Waals surface area contributed by atoms with Gasteiger partial charge in [-0.15, -0.1) is 0 Å². The highest BCUT2D eigenvalue weighted by Gasteiger charge is 2.23. The molecule has 0 aromatic heterocycles. The van der Waals surface area contributed by atoms with Crippen molar-refractivity contribution in [3.63, 3.8) is 0 Å². The molecule has 218 valence electrons. The Morgan fingerprint density at radius 1 is 0.950 bits per heavy atom. The zero-order chi connectivity index (χ0) is 28.9. The Morgan fingerprint density at radius 3 is 2.40 bits per heavy atom. The van der Waals surface area contributed by atoms with Gasteiger partial charge in [0, 0.05) is 17.2 Å². The van der Waals surface area contributed by atoms with Crippen LogP contribution in [-0.2, 0) is 12.8 Å². The van der Waals surface area contributed by atoms with E-state index < -0.39 is 0 Å². The van der Waals surface area contributed by atoms with Crippen LogP contribution in [0.3, 0.4) is 0 Å². The van der Waals surface area contributed by atoms with Crippen LogP contribution in [0, 0.1) is 0 Å². The highest BCUT2D eigenvalue weighted by molar-refractivity contribution is 5.51. The van der Waals surface area contributed by atoms with E-state index in [0.717, 1.165) is 92.9 Å². The van der Waals surface area contributed by atoms with Crippen molar-refractivity contribution in [1.29, 1.82) is 0 Å². The molecule has 2 N–H and O–H groups in total. The minimum atomic E-state index is -0.00640. The van der Waals surface area contributed by atoms with Crippen LogP contribution < -0.4 is 19.5 Å². The lowest BCUT2D eigenvalue weighted by Crippen LogP contribution is -2.25. The average Bonchev–Trinajstić information content (AvgIpc) is 2.94. The molecular formula is C35H49NO4. The van der Waals surface area contributed by atoms with Crippen LogP contribution in [0.1, 0.15) is 89.0 Å². The van der Waals surface area contributed by atoms with Crippen molar-refractivity contribution in [2.24, 2.45) is 0 Å². The largest absolute Gasteiger partial charge is 0.508 e. The number of nitrogens with one attached hydrogen (secondary N) is 1. The summed E-state index contributed by atoms with van der Waals surface area (Å²) in [4.78, 5) is 0. The van der Waals surface area contributed by atoms with E-state index in [1.807, 2.05) is 18.2 Å². The first-order valence-electron chi connectivity index (χ1n) is 14.7. The van der Waals surface area contributed by atoms with Gasteiger partial charge in [0.05, 0.1) is 20.8 Å². The SMILES string of the molecule is COc1ccc(CCNC(CC=C(C)CCC=C(C)CCC=C(C)C)c2c(O)ccc3c2CCCO3)cc1OC. The maximum Gasteiger partial charge on any atom is 0.160 e. The Balaban J connectivity index is 1.70. The number of benzene rings is 2. The van der Waals surface area contributed by atoms with Crippen molar-refractivity contribution in [2.45, 2.75) is 85.1 Å². The predicted octanol–water partition coefficient (Wildman–Crippen LogP) is 8.42. The zero-order valence-corrected chi connectivity index (χ0v) is 25.4. The van der Waals surface area contributed by atoms with Crippen LogP contribution in [-0.4, -0.2) is 32.5 Å². The Bertz CT molecular complexity index is 1190. The van der Waals surface area contributed by atoms with Gasteiger partial charge in [0.1, 0.15) is 11.5 Å². The van der Waals surface area contributed by atoms with Crippen molar-refractivity contribution in [3.05, 3.63) is 82.0 Å². The van der Waals surface area contributed by atoms with E-state index in [0.29, 0.717) is 5.75 Å². The van der Waals surface area contributed by atoms with E-state index in [-0.39, 0.29) is 6.04 Å². The lowest BCUT2D eigenvalue weighted by atomic mass is 9.91. The Kier molecular flexibility index (Phi) is 12.7. The summed E-state index contributed by atoms with van der Waals surface area (Å²) in [5.74, 6) is 2.72. The van der Waals surface area contributed by atoms with E-state index in [4.69, 9.17) is 14.2 Å². The Hall–Kier alpha value is -3.18. The maximum atomic E-state index is 11.0. The van der Waals surface area contributed by atoms with Crippen molar-refractivity contribution in [1.82, 2.24) is 5.32 Å². The number of fused-ring (bicyclic) bond motifs is 1. The number of aromatic hydroxyl groups is 1. The first-order valence-corrected chi connectivity index (χ1v) is 14.7. The van der Waals surface area contributed by atoms with Gasteiger partial charge in [-0.2, -0.15) is 0 Å². The summed E-state index contributed by atoms with van der Waals surface area (Å²) in [6.07, 6.45) is 14.9. The summed E-state index contributed by atoms with van der Waals surface area (Å²) >= 11 is 0. The summed E-state index contributed by atoms with van der Waals surface area (Å²) in [6.45, 7) is 10.3. The van der Waals surface area contributed by atoms with E-state index in [1.165, 1.54) is 22.3 Å². The molecule has 3 rings (SSSR count). The van der Waals surface area contributed by atoms with Gasteiger partial charge in [0.2, 0.25) is 0 Å². The number of hydrogen-bond donors (Lipinski definition) is 2. The number of phenolic OH excluding ortho intramolecular Hbond substituents is 1. The quantitative estimate of drug-likeness (QED) is 0.219. The van der Waals surface area contributed by atoms with Crippen molar-refractivity contribution in [2.75, 3.05) is 27.4 Å². The molecular weight excluding hydrogens is 498 g/mol. The maximum absolute atomic E-state index is 11.0. The lowest BCUT2D eigenvalue weighted by Gasteiger charge is -2.26. The molecule has 2 aromatic carbocycles. The summed E-state index contributed by atoms with van der Waals surface area (Å²) in [6, 6.07) is 9.74. The van der Waals surface area contributed by atoms with Gasteiger partial charge in [-0.1, -0.05) is 41.0 Å². The molecule has 0 aliphatic carbocycles. The van der Waals surface area contributed by atoms with E-state index >= 15 is 0 Å². The van der Waals surface area contributed by atoms with Crippen LogP contribution in [0.15, 0.2) is 65.3 Å². The standard InChI is InChI=1S/C35H49NO4/c1-25(2)10-7-11-26(3)12-8-13-27(4)15-17-30(35-29-14-9-23-40-32(29)20-18-31(35)37)36-22-21-28-16-19-33(38-5)34(24-28)39-6/h10,12,15-16,18-20,24,30,36-37H,7-9,11,13-14,17,21-23H2,1-6H3. The molecule has 5 nitrogen and oxygen atoms in total. The molecule has 0 amide bonds. The third-order valence-corrected chi connectivity index (χ3v) is 7.55. The van der Waals surface area contributed by atoms with E-state index in [1.54, 1.807) is 20.3 Å². The summed E-state index contributed by atoms with van der Waals surface area (Å²) < 4.78 is 16.8. The van der Waals surface area contributed by atoms with Gasteiger partial charge < -0.3 is 24.6 Å². The molecule has 5 heteroatoms. The number of ether oxygens (including phenoxy) is 3. The molecule has 2 aromatic rings. The molecule has 0 saturated heterocycles. The Morgan fingerprint density at radius 2 is 1.68 bits per heavy atom. The molecule has 0 spiro atoms. The summed E-state index contributed by atoms with van der Waals surface area (Å²) in [5, 5.41) is 14.7. The first-order chi connectivity index (χ1) is 19.3. The second-order valence-electron chi connectivity index (χ2n) is 11.1. The summed E-state index contributed by atoms with van der Waals surface area (Å²) in [5.41, 5.74) is 7.50. The molecule has 0 fully saturated rings. The van der Waals surface area contributed by atoms with Gasteiger partial charge in [0.25, 0.3) is 0 Å². The smallest absolute Gasteiger partial charge is 0.160 e. The van der Waals surface area contributed by atoms with Crippen molar-refractivity contribution < 1.29 is 19.3 Å². The van der Waals surface area contributed by atoms with Gasteiger partial charge >= 0.3 is 0 Å². The molecule has 1 heterocycles. The van der Waals surface area contributed by atoms with E-state index in [9.17, 15) is 5.11 Å². The molecule has 0 saturated carbocycles. The fourth-order valence-electron chi connectivity index (χ4n) is 5.23. The normalized spacial score (nSPS) is 14.2. The Labute approximate surface area is 241 Å². The van der Waals surface area contributed by atoms with Crippen LogP contribution in [0.2, 0.25) is 0 Å². The molecule has 1 aliphatic heterocycles. The second-order valence-corrected chi connectivity index (χ2v) is 11.1. The minimum absolute atomic E-state index is 0.00640. The van der Waals surface area contributed by atoms with Crippen molar-refractivity contribution in [3.8, 4) is 23.0 Å². The average molecular weight is 548 g/mol. The molecule has 40 heavy (non-hydrogen) atoms. The third kappa shape index (κ3) is 9.48. The van der Waals surface area contributed by atoms with Crippen LogP contribution in [0.4, 0.5) is 0 Å². The summed E-state index contributed by atoms with van der Waals surface area (Å²) in [7, 11) is 3.31. The fraction of sp³-hybridized carbons (Fsp3) is 0.486. The molecule has 1 atom stereocenters. The molecule has 1 unspecified atom stereocenters. The first kappa shape index (κ1) is 31.3. The van der Waals surface area contributed by atoms with Crippen molar-refractivity contribution >= 4 is 0 Å². The van der Waals surface area contributed by atoms with Gasteiger partial charge in [-0.25, -0.2) is 0 Å². The number of methoxy groups -OCH3 is 2. The lowest BCUT2D eigenvalue weighted by molar-refractivity contribution is 0.285. The second kappa shape index (κ2) is 16.2. The van der Waals surface area contributed by atoms with Gasteiger partial charge in [0.15, 0.2) is 11.5 Å². The topological polar surface area (TPSA) is 60.0 Å². The molecule has 0 bridgehead atoms. The monoisotopic (exact) mass is 547 g/mol. The highest BCUT2D eigenvalue weighted by atomic mass is 16.5. The highest BCUT2D eigenvalue weighted by Crippen LogP contribution is 2.39.